The van der Waals surface area contributed by atoms with E-state index >= 15 is 0 Å². The van der Waals surface area contributed by atoms with Crippen molar-refractivity contribution in [2.45, 2.75) is 24.9 Å². The molecule has 0 aromatic heterocycles. The van der Waals surface area contributed by atoms with Gasteiger partial charge in [0.05, 0.1) is 19.6 Å². The van der Waals surface area contributed by atoms with Gasteiger partial charge in [-0.25, -0.2) is 9.59 Å². The Balaban J connectivity index is 2.15. The molecule has 0 aliphatic carbocycles. The SMILES string of the molecule is CCOC(=O)[C@@H]1[C@@H](c2ccccc2)C(=O)[C@H](c2ccccc2)N1C(=O)OC. The van der Waals surface area contributed by atoms with Crippen molar-refractivity contribution < 1.29 is 23.9 Å². The van der Waals surface area contributed by atoms with Crippen molar-refractivity contribution in [2.24, 2.45) is 0 Å². The van der Waals surface area contributed by atoms with E-state index in [1.165, 1.54) is 12.0 Å². The van der Waals surface area contributed by atoms with Crippen LogP contribution in [0.25, 0.3) is 0 Å². The molecule has 1 amide bonds. The third-order valence-corrected chi connectivity index (χ3v) is 4.66. The molecule has 6 heteroatoms. The molecule has 0 N–H and O–H groups in total. The summed E-state index contributed by atoms with van der Waals surface area (Å²) in [7, 11) is 1.23. The smallest absolute Gasteiger partial charge is 0.411 e. The van der Waals surface area contributed by atoms with E-state index in [9.17, 15) is 14.4 Å². The van der Waals surface area contributed by atoms with E-state index in [2.05, 4.69) is 0 Å². The first-order chi connectivity index (χ1) is 13.1. The third-order valence-electron chi connectivity index (χ3n) is 4.66. The lowest BCUT2D eigenvalue weighted by Gasteiger charge is -2.27. The second kappa shape index (κ2) is 8.03. The summed E-state index contributed by atoms with van der Waals surface area (Å²) in [5.41, 5.74) is 1.29. The predicted octanol–water partition coefficient (Wildman–Crippen LogP) is 3.09. The Morgan fingerprint density at radius 1 is 0.963 bits per heavy atom. The molecule has 0 spiro atoms. The van der Waals surface area contributed by atoms with Crippen molar-refractivity contribution in [2.75, 3.05) is 13.7 Å². The summed E-state index contributed by atoms with van der Waals surface area (Å²) in [6, 6.07) is 15.9. The molecule has 27 heavy (non-hydrogen) atoms. The number of ketones is 1. The number of rotatable bonds is 4. The minimum absolute atomic E-state index is 0.149. The molecule has 2 aromatic rings. The number of carbonyl (C=O) groups is 3. The van der Waals surface area contributed by atoms with E-state index in [1.807, 2.05) is 12.1 Å². The zero-order chi connectivity index (χ0) is 19.4. The number of benzene rings is 2. The van der Waals surface area contributed by atoms with Gasteiger partial charge in [0.25, 0.3) is 0 Å². The number of esters is 1. The quantitative estimate of drug-likeness (QED) is 0.777. The van der Waals surface area contributed by atoms with E-state index in [0.29, 0.717) is 11.1 Å². The molecular weight excluding hydrogens is 346 g/mol. The van der Waals surface area contributed by atoms with Crippen LogP contribution in [-0.4, -0.2) is 42.5 Å². The summed E-state index contributed by atoms with van der Waals surface area (Å²) in [5, 5.41) is 0. The van der Waals surface area contributed by atoms with Crippen molar-refractivity contribution in [1.29, 1.82) is 0 Å². The topological polar surface area (TPSA) is 72.9 Å². The highest BCUT2D eigenvalue weighted by atomic mass is 16.6. The average Bonchev–Trinajstić information content (AvgIpc) is 3.02. The molecule has 1 fully saturated rings. The molecule has 0 saturated carbocycles. The zero-order valence-corrected chi connectivity index (χ0v) is 15.2. The number of hydrogen-bond donors (Lipinski definition) is 0. The first kappa shape index (κ1) is 18.6. The summed E-state index contributed by atoms with van der Waals surface area (Å²) >= 11 is 0. The van der Waals surface area contributed by atoms with Crippen LogP contribution in [0.2, 0.25) is 0 Å². The fourth-order valence-electron chi connectivity index (χ4n) is 3.55. The first-order valence-corrected chi connectivity index (χ1v) is 8.76. The van der Waals surface area contributed by atoms with Crippen LogP contribution in [0.15, 0.2) is 60.7 Å². The van der Waals surface area contributed by atoms with Crippen molar-refractivity contribution in [3.63, 3.8) is 0 Å². The molecule has 0 unspecified atom stereocenters. The molecule has 3 rings (SSSR count). The van der Waals surface area contributed by atoms with Gasteiger partial charge in [-0.3, -0.25) is 9.69 Å². The summed E-state index contributed by atoms with van der Waals surface area (Å²) in [5.74, 6) is -1.69. The van der Waals surface area contributed by atoms with Gasteiger partial charge in [-0.15, -0.1) is 0 Å². The number of nitrogens with zero attached hydrogens (tertiary/aromatic N) is 1. The van der Waals surface area contributed by atoms with E-state index in [-0.39, 0.29) is 12.4 Å². The van der Waals surface area contributed by atoms with Gasteiger partial charge in [0.1, 0.15) is 12.1 Å². The van der Waals surface area contributed by atoms with Crippen LogP contribution in [0.3, 0.4) is 0 Å². The Morgan fingerprint density at radius 2 is 1.52 bits per heavy atom. The number of Topliss-reactive ketones (excluding diaryl/α,β-unsaturated/α-hetero) is 1. The number of ether oxygens (including phenoxy) is 2. The van der Waals surface area contributed by atoms with E-state index in [0.717, 1.165) is 0 Å². The van der Waals surface area contributed by atoms with Gasteiger partial charge in [-0.05, 0) is 18.1 Å². The molecule has 140 valence electrons. The average molecular weight is 367 g/mol. The minimum Gasteiger partial charge on any atom is -0.464 e. The van der Waals surface area contributed by atoms with Crippen LogP contribution in [0.1, 0.15) is 30.0 Å². The van der Waals surface area contributed by atoms with Gasteiger partial charge in [0.2, 0.25) is 0 Å². The Hall–Kier alpha value is -3.15. The molecule has 3 atom stereocenters. The number of likely N-dealkylation sites (tertiary alicyclic amines) is 1. The highest BCUT2D eigenvalue weighted by molar-refractivity contribution is 6.03. The first-order valence-electron chi connectivity index (χ1n) is 8.76. The molecule has 1 heterocycles. The summed E-state index contributed by atoms with van der Waals surface area (Å²) in [6.45, 7) is 1.83. The Labute approximate surface area is 157 Å². The number of carbonyl (C=O) groups excluding carboxylic acids is 3. The molecule has 1 aliphatic rings. The van der Waals surface area contributed by atoms with Crippen LogP contribution in [0.5, 0.6) is 0 Å². The molecule has 1 saturated heterocycles. The monoisotopic (exact) mass is 367 g/mol. The Bertz CT molecular complexity index is 821. The van der Waals surface area contributed by atoms with Crippen LogP contribution < -0.4 is 0 Å². The van der Waals surface area contributed by atoms with Crippen LogP contribution >= 0.6 is 0 Å². The lowest BCUT2D eigenvalue weighted by atomic mass is 9.88. The van der Waals surface area contributed by atoms with Crippen molar-refractivity contribution in [1.82, 2.24) is 4.90 Å². The fraction of sp³-hybridized carbons (Fsp3) is 0.286. The Kier molecular flexibility index (Phi) is 5.54. The summed E-state index contributed by atoms with van der Waals surface area (Å²) in [4.78, 5) is 39.9. The summed E-state index contributed by atoms with van der Waals surface area (Å²) in [6.07, 6.45) is -0.742. The highest BCUT2D eigenvalue weighted by Gasteiger charge is 2.55. The maximum Gasteiger partial charge on any atom is 0.411 e. The molecule has 6 nitrogen and oxygen atoms in total. The maximum absolute atomic E-state index is 13.4. The third kappa shape index (κ3) is 3.43. The fourth-order valence-corrected chi connectivity index (χ4v) is 3.55. The number of hydrogen-bond acceptors (Lipinski definition) is 5. The number of methoxy groups -OCH3 is 1. The lowest BCUT2D eigenvalue weighted by Crippen LogP contribution is -2.44. The van der Waals surface area contributed by atoms with Gasteiger partial charge in [0.15, 0.2) is 5.78 Å². The van der Waals surface area contributed by atoms with Crippen molar-refractivity contribution in [3.8, 4) is 0 Å². The molecular formula is C21H21NO5. The van der Waals surface area contributed by atoms with Gasteiger partial charge < -0.3 is 9.47 Å². The van der Waals surface area contributed by atoms with Gasteiger partial charge in [-0.2, -0.15) is 0 Å². The van der Waals surface area contributed by atoms with Crippen LogP contribution in [0.4, 0.5) is 4.79 Å². The summed E-state index contributed by atoms with van der Waals surface area (Å²) < 4.78 is 10.1. The van der Waals surface area contributed by atoms with Gasteiger partial charge >= 0.3 is 12.1 Å². The molecule has 1 aliphatic heterocycles. The normalized spacial score (nSPS) is 21.8. The second-order valence-corrected chi connectivity index (χ2v) is 6.18. The lowest BCUT2D eigenvalue weighted by molar-refractivity contribution is -0.149. The van der Waals surface area contributed by atoms with Gasteiger partial charge in [-0.1, -0.05) is 60.7 Å². The Morgan fingerprint density at radius 3 is 2.04 bits per heavy atom. The number of amides is 1. The van der Waals surface area contributed by atoms with Crippen LogP contribution in [-0.2, 0) is 19.1 Å². The van der Waals surface area contributed by atoms with Crippen molar-refractivity contribution in [3.05, 3.63) is 71.8 Å². The predicted molar refractivity (Wildman–Crippen MR) is 98.0 cm³/mol. The maximum atomic E-state index is 13.4. The van der Waals surface area contributed by atoms with E-state index in [4.69, 9.17) is 9.47 Å². The van der Waals surface area contributed by atoms with E-state index in [1.54, 1.807) is 55.5 Å². The molecule has 2 aromatic carbocycles. The molecule has 0 radical (unpaired) electrons. The zero-order valence-electron chi connectivity index (χ0n) is 15.2. The van der Waals surface area contributed by atoms with Gasteiger partial charge in [0, 0.05) is 0 Å². The van der Waals surface area contributed by atoms with Crippen molar-refractivity contribution >= 4 is 17.8 Å². The van der Waals surface area contributed by atoms with Crippen LogP contribution in [0, 0.1) is 0 Å². The largest absolute Gasteiger partial charge is 0.464 e. The standard InChI is InChI=1S/C21H21NO5/c1-3-27-20(24)18-16(14-10-6-4-7-11-14)19(23)17(22(18)21(25)26-2)15-12-8-5-9-13-15/h4-13,16-18H,3H2,1-2H3/t16-,17+,18+/m1/s1. The molecule has 0 bridgehead atoms. The minimum atomic E-state index is -1.09. The van der Waals surface area contributed by atoms with E-state index < -0.39 is 30.1 Å². The second-order valence-electron chi connectivity index (χ2n) is 6.18. The highest BCUT2D eigenvalue weighted by Crippen LogP contribution is 2.43.